The van der Waals surface area contributed by atoms with E-state index in [-0.39, 0.29) is 17.3 Å². The zero-order valence-corrected chi connectivity index (χ0v) is 17.5. The number of nitrogens with two attached hydrogens (primary N) is 1. The Morgan fingerprint density at radius 3 is 2.47 bits per heavy atom. The van der Waals surface area contributed by atoms with Gasteiger partial charge in [0.2, 0.25) is 5.95 Å². The molecule has 0 saturated carbocycles. The maximum atomic E-state index is 13.2. The summed E-state index contributed by atoms with van der Waals surface area (Å²) in [6, 6.07) is 14.1. The summed E-state index contributed by atoms with van der Waals surface area (Å²) in [5, 5.41) is 11.6. The third-order valence-electron chi connectivity index (χ3n) is 5.13. The number of anilines is 2. The molecule has 2 aromatic heterocycles. The molecule has 0 amide bonds. The van der Waals surface area contributed by atoms with E-state index in [2.05, 4.69) is 46.3 Å². The normalized spacial score (nSPS) is 12.8. The fraction of sp³-hybridized carbons (Fsp3) is 0.261. The predicted molar refractivity (Wildman–Crippen MR) is 119 cm³/mol. The number of aromatic amines is 1. The summed E-state index contributed by atoms with van der Waals surface area (Å²) in [6.45, 7) is 8.35. The highest BCUT2D eigenvalue weighted by atomic mass is 19.1. The van der Waals surface area contributed by atoms with E-state index in [4.69, 9.17) is 5.73 Å². The molecule has 0 aliphatic heterocycles. The van der Waals surface area contributed by atoms with Gasteiger partial charge in [0.1, 0.15) is 11.6 Å². The molecule has 0 fully saturated rings. The zero-order chi connectivity index (χ0) is 21.5. The van der Waals surface area contributed by atoms with Crippen LogP contribution in [0.3, 0.4) is 0 Å². The second-order valence-corrected chi connectivity index (χ2v) is 8.47. The first kappa shape index (κ1) is 19.8. The average molecular weight is 404 g/mol. The number of H-pyrrole nitrogens is 1. The number of nitrogens with one attached hydrogen (secondary N) is 2. The second-order valence-electron chi connectivity index (χ2n) is 8.47. The summed E-state index contributed by atoms with van der Waals surface area (Å²) >= 11 is 0. The summed E-state index contributed by atoms with van der Waals surface area (Å²) in [5.74, 6) is 0.536. The van der Waals surface area contributed by atoms with Crippen LogP contribution < -0.4 is 11.1 Å². The van der Waals surface area contributed by atoms with Gasteiger partial charge in [0.15, 0.2) is 0 Å². The number of hydrogen-bond donors (Lipinski definition) is 3. The van der Waals surface area contributed by atoms with Gasteiger partial charge in [0.25, 0.3) is 0 Å². The number of benzene rings is 2. The molecular weight excluding hydrogens is 379 g/mol. The Hall–Kier alpha value is -3.48. The quantitative estimate of drug-likeness (QED) is 0.434. The first-order valence-electron chi connectivity index (χ1n) is 9.87. The van der Waals surface area contributed by atoms with Crippen LogP contribution in [0, 0.1) is 5.82 Å². The van der Waals surface area contributed by atoms with Gasteiger partial charge in [-0.2, -0.15) is 10.1 Å². The summed E-state index contributed by atoms with van der Waals surface area (Å²) < 4.78 is 13.2. The molecule has 2 heterocycles. The van der Waals surface area contributed by atoms with E-state index in [1.54, 1.807) is 12.1 Å². The number of halogens is 1. The molecule has 0 radical (unpaired) electrons. The number of aromatic nitrogens is 4. The molecule has 0 aliphatic carbocycles. The van der Waals surface area contributed by atoms with E-state index in [0.29, 0.717) is 11.8 Å². The lowest BCUT2D eigenvalue weighted by Crippen LogP contribution is -2.11. The average Bonchev–Trinajstić information content (AvgIpc) is 3.18. The first-order valence-corrected chi connectivity index (χ1v) is 9.87. The summed E-state index contributed by atoms with van der Waals surface area (Å²) in [6.07, 6.45) is 0. The maximum Gasteiger partial charge on any atom is 0.225 e. The van der Waals surface area contributed by atoms with Crippen molar-refractivity contribution in [2.45, 2.75) is 39.2 Å². The molecule has 4 rings (SSSR count). The molecule has 4 N–H and O–H groups in total. The molecule has 154 valence electrons. The smallest absolute Gasteiger partial charge is 0.225 e. The fourth-order valence-corrected chi connectivity index (χ4v) is 3.36. The van der Waals surface area contributed by atoms with Crippen LogP contribution in [0.1, 0.15) is 45.0 Å². The lowest BCUT2D eigenvalue weighted by Gasteiger charge is -2.16. The van der Waals surface area contributed by atoms with Crippen molar-refractivity contribution in [3.63, 3.8) is 0 Å². The SMILES string of the molecule is C[C@H](Nc1nc(N)c2c(-c3cc(C(C)(C)C)[nH]n3)cccc2n1)c1ccc(F)cc1. The first-order chi connectivity index (χ1) is 14.2. The van der Waals surface area contributed by atoms with Crippen LogP contribution >= 0.6 is 0 Å². The van der Waals surface area contributed by atoms with Gasteiger partial charge in [-0.05, 0) is 36.8 Å². The molecule has 0 spiro atoms. The van der Waals surface area contributed by atoms with Gasteiger partial charge in [-0.1, -0.05) is 45.0 Å². The van der Waals surface area contributed by atoms with Crippen LogP contribution in [0.2, 0.25) is 0 Å². The highest BCUT2D eigenvalue weighted by Gasteiger charge is 2.19. The van der Waals surface area contributed by atoms with Crippen molar-refractivity contribution < 1.29 is 4.39 Å². The van der Waals surface area contributed by atoms with Gasteiger partial charge in [-0.15, -0.1) is 0 Å². The molecule has 0 bridgehead atoms. The van der Waals surface area contributed by atoms with Crippen molar-refractivity contribution in [3.8, 4) is 11.3 Å². The Kier molecular flexibility index (Phi) is 4.89. The van der Waals surface area contributed by atoms with Crippen molar-refractivity contribution in [1.29, 1.82) is 0 Å². The van der Waals surface area contributed by atoms with E-state index < -0.39 is 0 Å². The van der Waals surface area contributed by atoms with E-state index >= 15 is 0 Å². The van der Waals surface area contributed by atoms with E-state index in [1.165, 1.54) is 12.1 Å². The molecule has 30 heavy (non-hydrogen) atoms. The lowest BCUT2D eigenvalue weighted by atomic mass is 9.91. The Morgan fingerprint density at radius 1 is 1.07 bits per heavy atom. The number of hydrogen-bond acceptors (Lipinski definition) is 5. The van der Waals surface area contributed by atoms with Crippen molar-refractivity contribution in [1.82, 2.24) is 20.2 Å². The summed E-state index contributed by atoms with van der Waals surface area (Å²) in [4.78, 5) is 9.12. The molecular formula is C23H25FN6. The standard InChI is InChI=1S/C23H25FN6/c1-13(14-8-10-15(24)11-9-14)26-22-27-17-7-5-6-16(20(17)21(25)28-22)18-12-19(30-29-18)23(2,3)4/h5-13H,1-4H3,(H,29,30)(H3,25,26,27,28)/t13-/m0/s1. The van der Waals surface area contributed by atoms with Crippen molar-refractivity contribution >= 4 is 22.7 Å². The molecule has 1 atom stereocenters. The molecule has 2 aromatic carbocycles. The summed E-state index contributed by atoms with van der Waals surface area (Å²) in [5.41, 5.74) is 10.7. The number of rotatable bonds is 4. The minimum Gasteiger partial charge on any atom is -0.383 e. The van der Waals surface area contributed by atoms with Crippen molar-refractivity contribution in [2.24, 2.45) is 0 Å². The van der Waals surface area contributed by atoms with Gasteiger partial charge in [0.05, 0.1) is 22.6 Å². The number of nitrogen functional groups attached to an aromatic ring is 1. The lowest BCUT2D eigenvalue weighted by molar-refractivity contribution is 0.567. The molecule has 0 unspecified atom stereocenters. The predicted octanol–water partition coefficient (Wildman–Crippen LogP) is 5.21. The third kappa shape index (κ3) is 3.83. The Bertz CT molecular complexity index is 1190. The monoisotopic (exact) mass is 404 g/mol. The topological polar surface area (TPSA) is 92.5 Å². The minimum atomic E-state index is -0.266. The van der Waals surface area contributed by atoms with E-state index in [9.17, 15) is 4.39 Å². The molecule has 4 aromatic rings. The van der Waals surface area contributed by atoms with Gasteiger partial charge in [-0.3, -0.25) is 5.10 Å². The van der Waals surface area contributed by atoms with Crippen LogP contribution in [-0.4, -0.2) is 20.2 Å². The minimum absolute atomic E-state index is 0.0362. The third-order valence-corrected chi connectivity index (χ3v) is 5.13. The summed E-state index contributed by atoms with van der Waals surface area (Å²) in [7, 11) is 0. The fourth-order valence-electron chi connectivity index (χ4n) is 3.36. The molecule has 7 heteroatoms. The van der Waals surface area contributed by atoms with Gasteiger partial charge in [0, 0.05) is 16.7 Å². The highest BCUT2D eigenvalue weighted by molar-refractivity contribution is 6.01. The Morgan fingerprint density at radius 2 is 1.80 bits per heavy atom. The number of fused-ring (bicyclic) bond motifs is 1. The van der Waals surface area contributed by atoms with Gasteiger partial charge >= 0.3 is 0 Å². The zero-order valence-electron chi connectivity index (χ0n) is 17.5. The van der Waals surface area contributed by atoms with Crippen LogP contribution in [-0.2, 0) is 5.41 Å². The van der Waals surface area contributed by atoms with E-state index in [0.717, 1.165) is 33.4 Å². The maximum absolute atomic E-state index is 13.2. The van der Waals surface area contributed by atoms with Crippen molar-refractivity contribution in [3.05, 3.63) is 65.6 Å². The van der Waals surface area contributed by atoms with Crippen LogP contribution in [0.15, 0.2) is 48.5 Å². The Balaban J connectivity index is 1.70. The van der Waals surface area contributed by atoms with Crippen LogP contribution in [0.5, 0.6) is 0 Å². The second kappa shape index (κ2) is 7.40. The largest absolute Gasteiger partial charge is 0.383 e. The van der Waals surface area contributed by atoms with E-state index in [1.807, 2.05) is 31.2 Å². The van der Waals surface area contributed by atoms with Crippen molar-refractivity contribution in [2.75, 3.05) is 11.1 Å². The van der Waals surface area contributed by atoms with Gasteiger partial charge in [-0.25, -0.2) is 9.37 Å². The number of nitrogens with zero attached hydrogens (tertiary/aromatic N) is 3. The van der Waals surface area contributed by atoms with Crippen LogP contribution in [0.4, 0.5) is 16.2 Å². The highest BCUT2D eigenvalue weighted by Crippen LogP contribution is 2.33. The van der Waals surface area contributed by atoms with Gasteiger partial charge < -0.3 is 11.1 Å². The Labute approximate surface area is 174 Å². The molecule has 0 saturated heterocycles. The van der Waals surface area contributed by atoms with Crippen LogP contribution in [0.25, 0.3) is 22.2 Å². The molecule has 6 nitrogen and oxygen atoms in total. The molecule has 0 aliphatic rings.